The molecule has 0 aromatic heterocycles. The Morgan fingerprint density at radius 3 is 1.73 bits per heavy atom. The quantitative estimate of drug-likeness (QED) is 0.642. The van der Waals surface area contributed by atoms with Gasteiger partial charge in [0.25, 0.3) is 0 Å². The summed E-state index contributed by atoms with van der Waals surface area (Å²) in [5.74, 6) is 0. The first-order valence-electron chi connectivity index (χ1n) is 2.80. The summed E-state index contributed by atoms with van der Waals surface area (Å²) in [4.78, 5) is 0. The fraction of sp³-hybridized carbons (Fsp3) is 0.429. The topological polar surface area (TPSA) is 0 Å². The van der Waals surface area contributed by atoms with Gasteiger partial charge in [0.1, 0.15) is 0 Å². The van der Waals surface area contributed by atoms with Crippen LogP contribution in [0.3, 0.4) is 0 Å². The molecule has 65 valence electrons. The van der Waals surface area contributed by atoms with Crippen LogP contribution in [0.2, 0.25) is 0 Å². The minimum atomic E-state index is 0. The van der Waals surface area contributed by atoms with Gasteiger partial charge in [0.15, 0.2) is 0 Å². The minimum absolute atomic E-state index is 0. The van der Waals surface area contributed by atoms with E-state index in [0.717, 1.165) is 0 Å². The van der Waals surface area contributed by atoms with E-state index in [-0.39, 0.29) is 37.2 Å². The third-order valence-electron chi connectivity index (χ3n) is 1.66. The Morgan fingerprint density at radius 2 is 1.64 bits per heavy atom. The van der Waals surface area contributed by atoms with E-state index in [1.54, 1.807) is 28.0 Å². The van der Waals surface area contributed by atoms with E-state index in [2.05, 4.69) is 19.9 Å². The summed E-state index contributed by atoms with van der Waals surface area (Å²) < 4.78 is 1.62. The van der Waals surface area contributed by atoms with E-state index in [9.17, 15) is 0 Å². The summed E-state index contributed by atoms with van der Waals surface area (Å²) in [5, 5.41) is 0. The first-order chi connectivity index (χ1) is 3.72. The molecule has 0 bridgehead atoms. The minimum Gasteiger partial charge on any atom is -0.147 e. The molecule has 1 rings (SSSR count). The van der Waals surface area contributed by atoms with Gasteiger partial charge in [-0.2, -0.15) is 0 Å². The predicted molar refractivity (Wildman–Crippen MR) is 52.8 cm³/mol. The molecule has 0 aromatic rings. The molecule has 0 unspecified atom stereocenters. The average Bonchev–Trinajstić information content (AvgIpc) is 1.98. The van der Waals surface area contributed by atoms with Crippen LogP contribution in [-0.4, -0.2) is 0 Å². The summed E-state index contributed by atoms with van der Waals surface area (Å²) >= 11 is 1.58. The van der Waals surface area contributed by atoms with Gasteiger partial charge in [-0.25, -0.2) is 0 Å². The van der Waals surface area contributed by atoms with E-state index in [1.807, 2.05) is 0 Å². The maximum Gasteiger partial charge on any atom is -0.147 e. The van der Waals surface area contributed by atoms with Gasteiger partial charge in [0.05, 0.1) is 0 Å². The number of halogens is 3. The Hall–Kier alpha value is 1.23. The molecule has 0 aromatic carbocycles. The first kappa shape index (κ1) is 18.1. The summed E-state index contributed by atoms with van der Waals surface area (Å²) in [6.45, 7) is 4.40. The molecule has 0 aliphatic heterocycles. The molecule has 0 nitrogen and oxygen atoms in total. The first-order valence-corrected chi connectivity index (χ1v) is 4.03. The van der Waals surface area contributed by atoms with Gasteiger partial charge in [0.2, 0.25) is 0 Å². The summed E-state index contributed by atoms with van der Waals surface area (Å²) in [6, 6.07) is 0. The summed E-state index contributed by atoms with van der Waals surface area (Å²) in [6.07, 6.45) is 3.52. The Kier molecular flexibility index (Phi) is 12.9. The van der Waals surface area contributed by atoms with Crippen molar-refractivity contribution in [3.8, 4) is 0 Å². The second kappa shape index (κ2) is 7.86. The Morgan fingerprint density at radius 1 is 1.18 bits per heavy atom. The Bertz CT molecular complexity index is 167. The summed E-state index contributed by atoms with van der Waals surface area (Å²) in [7, 11) is 0. The van der Waals surface area contributed by atoms with Crippen molar-refractivity contribution < 1.29 is 24.7 Å². The maximum atomic E-state index is 2.30. The van der Waals surface area contributed by atoms with Crippen LogP contribution >= 0.6 is 37.2 Å². The molecule has 0 radical (unpaired) electrons. The second-order valence-corrected chi connectivity index (χ2v) is 3.68. The van der Waals surface area contributed by atoms with E-state index in [4.69, 9.17) is 0 Å². The molecular weight excluding hydrogens is 282 g/mol. The van der Waals surface area contributed by atoms with E-state index >= 15 is 0 Å². The van der Waals surface area contributed by atoms with Gasteiger partial charge in [0, 0.05) is 0 Å². The molecular formula is C7H12Cl3Zr. The van der Waals surface area contributed by atoms with Gasteiger partial charge >= 0.3 is 65.5 Å². The van der Waals surface area contributed by atoms with Crippen LogP contribution in [0, 0.1) is 0 Å². The number of rotatable bonds is 0. The molecule has 0 saturated heterocycles. The van der Waals surface area contributed by atoms with Crippen LogP contribution in [0.5, 0.6) is 0 Å². The van der Waals surface area contributed by atoms with Crippen molar-refractivity contribution in [3.05, 3.63) is 20.5 Å². The van der Waals surface area contributed by atoms with Crippen molar-refractivity contribution in [3.63, 3.8) is 0 Å². The largest absolute Gasteiger partial charge is 0.147 e. The molecule has 0 fully saturated rings. The van der Waals surface area contributed by atoms with Gasteiger partial charge in [-0.3, -0.25) is 0 Å². The predicted octanol–water partition coefficient (Wildman–Crippen LogP) is 3.42. The van der Waals surface area contributed by atoms with Crippen LogP contribution < -0.4 is 0 Å². The van der Waals surface area contributed by atoms with Crippen LogP contribution in [0.15, 0.2) is 20.5 Å². The van der Waals surface area contributed by atoms with Crippen LogP contribution in [0.4, 0.5) is 0 Å². The van der Waals surface area contributed by atoms with E-state index < -0.39 is 0 Å². The van der Waals surface area contributed by atoms with Gasteiger partial charge in [-0.15, -0.1) is 37.2 Å². The molecule has 1 aliphatic rings. The smallest absolute Gasteiger partial charge is 0.147 e. The third kappa shape index (κ3) is 4.73. The van der Waals surface area contributed by atoms with Crippen molar-refractivity contribution in [1.82, 2.24) is 0 Å². The van der Waals surface area contributed by atoms with Crippen molar-refractivity contribution in [2.75, 3.05) is 0 Å². The standard InChI is InChI=1S/C7H9.3ClH.Zr/c1-6-4-3-5-7(6)2;;;;/h4H,3H2,1-2H3;3*1H;. The fourth-order valence-corrected chi connectivity index (χ4v) is 1.53. The van der Waals surface area contributed by atoms with Crippen molar-refractivity contribution >= 4 is 37.2 Å². The van der Waals surface area contributed by atoms with Gasteiger partial charge in [-0.05, 0) is 0 Å². The molecule has 0 atom stereocenters. The SMILES string of the molecule is CC1=CC[C]([Zr])=C1C.Cl.Cl.Cl. The maximum absolute atomic E-state index is 2.30. The zero-order chi connectivity index (χ0) is 6.15. The average molecular weight is 294 g/mol. The molecule has 0 spiro atoms. The van der Waals surface area contributed by atoms with Gasteiger partial charge in [-0.1, -0.05) is 0 Å². The van der Waals surface area contributed by atoms with Crippen LogP contribution in [0.1, 0.15) is 20.3 Å². The molecule has 4 heteroatoms. The number of allylic oxidation sites excluding steroid dienone is 4. The second-order valence-electron chi connectivity index (χ2n) is 2.19. The van der Waals surface area contributed by atoms with Crippen LogP contribution in [0.25, 0.3) is 0 Å². The molecule has 0 saturated carbocycles. The van der Waals surface area contributed by atoms with Crippen molar-refractivity contribution in [1.29, 1.82) is 0 Å². The fourth-order valence-electron chi connectivity index (χ4n) is 0.799. The summed E-state index contributed by atoms with van der Waals surface area (Å²) in [5.41, 5.74) is 3.01. The Labute approximate surface area is 102 Å². The van der Waals surface area contributed by atoms with E-state index in [1.165, 1.54) is 17.6 Å². The van der Waals surface area contributed by atoms with Crippen molar-refractivity contribution in [2.24, 2.45) is 0 Å². The molecule has 1 aliphatic carbocycles. The molecule has 0 N–H and O–H groups in total. The normalized spacial score (nSPS) is 14.1. The molecule has 0 amide bonds. The monoisotopic (exact) mass is 291 g/mol. The molecule has 11 heavy (non-hydrogen) atoms. The zero-order valence-electron chi connectivity index (χ0n) is 6.51. The van der Waals surface area contributed by atoms with Crippen LogP contribution in [-0.2, 0) is 24.7 Å². The number of hydrogen-bond acceptors (Lipinski definition) is 0. The Balaban J connectivity index is -0.000000213. The van der Waals surface area contributed by atoms with E-state index in [0.29, 0.717) is 0 Å². The molecule has 0 heterocycles. The van der Waals surface area contributed by atoms with Crippen molar-refractivity contribution in [2.45, 2.75) is 20.3 Å². The van der Waals surface area contributed by atoms with Gasteiger partial charge < -0.3 is 0 Å². The zero-order valence-corrected chi connectivity index (χ0v) is 11.4. The third-order valence-corrected chi connectivity index (χ3v) is 3.08. The number of hydrogen-bond donors (Lipinski definition) is 0.